The number of aryl methyl sites for hydroxylation is 1. The van der Waals surface area contributed by atoms with E-state index in [2.05, 4.69) is 34.9 Å². The summed E-state index contributed by atoms with van der Waals surface area (Å²) >= 11 is 3.53. The van der Waals surface area contributed by atoms with E-state index in [1.165, 1.54) is 0 Å². The van der Waals surface area contributed by atoms with Crippen molar-refractivity contribution in [2.75, 3.05) is 6.61 Å². The van der Waals surface area contributed by atoms with Crippen LogP contribution in [0, 0.1) is 0 Å². The van der Waals surface area contributed by atoms with Crippen molar-refractivity contribution in [1.82, 2.24) is 9.78 Å². The van der Waals surface area contributed by atoms with Gasteiger partial charge >= 0.3 is 0 Å². The molecule has 0 unspecified atom stereocenters. The van der Waals surface area contributed by atoms with E-state index >= 15 is 0 Å². The van der Waals surface area contributed by atoms with Crippen molar-refractivity contribution in [1.29, 1.82) is 0 Å². The fourth-order valence-corrected chi connectivity index (χ4v) is 3.04. The number of fused-ring (bicyclic) bond motifs is 1. The zero-order valence-electron chi connectivity index (χ0n) is 8.74. The molecule has 82 valence electrons. The lowest BCUT2D eigenvalue weighted by atomic mass is 10.0. The number of nitrogens with zero attached hydrogens (tertiary/aromatic N) is 2. The molecule has 3 heterocycles. The van der Waals surface area contributed by atoms with Crippen LogP contribution in [0.3, 0.4) is 0 Å². The second-order valence-corrected chi connectivity index (χ2v) is 4.96. The molecule has 4 nitrogen and oxygen atoms in total. The van der Waals surface area contributed by atoms with Crippen LogP contribution in [0.4, 0.5) is 0 Å². The van der Waals surface area contributed by atoms with Crippen LogP contribution in [0.1, 0.15) is 19.5 Å². The summed E-state index contributed by atoms with van der Waals surface area (Å²) in [4.78, 5) is 0. The van der Waals surface area contributed by atoms with Crippen molar-refractivity contribution < 1.29 is 9.47 Å². The lowest BCUT2D eigenvalue weighted by molar-refractivity contribution is 0.0169. The average molecular weight is 273 g/mol. The fraction of sp³-hybridized carbons (Fsp3) is 0.700. The highest BCUT2D eigenvalue weighted by Crippen LogP contribution is 2.54. The Labute approximate surface area is 96.7 Å². The maximum absolute atomic E-state index is 5.80. The molecule has 0 N–H and O–H groups in total. The largest absolute Gasteiger partial charge is 0.372 e. The van der Waals surface area contributed by atoms with Crippen molar-refractivity contribution in [3.63, 3.8) is 0 Å². The molecule has 0 bridgehead atoms. The van der Waals surface area contributed by atoms with Gasteiger partial charge in [0.1, 0.15) is 6.10 Å². The molecule has 0 aromatic carbocycles. The van der Waals surface area contributed by atoms with Crippen molar-refractivity contribution in [3.8, 4) is 0 Å². The summed E-state index contributed by atoms with van der Waals surface area (Å²) in [5.41, 5.74) is 0.893. The second-order valence-electron chi connectivity index (χ2n) is 4.10. The van der Waals surface area contributed by atoms with Gasteiger partial charge in [-0.05, 0) is 29.8 Å². The fourth-order valence-electron chi connectivity index (χ4n) is 2.41. The van der Waals surface area contributed by atoms with Gasteiger partial charge in [-0.3, -0.25) is 4.68 Å². The summed E-state index contributed by atoms with van der Waals surface area (Å²) in [6.07, 6.45) is 2.22. The Balaban J connectivity index is 2.04. The monoisotopic (exact) mass is 272 g/mol. The molecule has 5 heteroatoms. The first-order valence-electron chi connectivity index (χ1n) is 5.20. The molecule has 3 atom stereocenters. The Morgan fingerprint density at radius 3 is 3.07 bits per heavy atom. The van der Waals surface area contributed by atoms with Crippen molar-refractivity contribution >= 4 is 15.9 Å². The van der Waals surface area contributed by atoms with Crippen molar-refractivity contribution in [3.05, 3.63) is 16.4 Å². The molecular weight excluding hydrogens is 260 g/mol. The van der Waals surface area contributed by atoms with Crippen LogP contribution in [0.25, 0.3) is 0 Å². The van der Waals surface area contributed by atoms with E-state index in [0.717, 1.165) is 16.7 Å². The van der Waals surface area contributed by atoms with Crippen LogP contribution in [0.15, 0.2) is 10.7 Å². The number of ether oxygens (including phenoxy) is 2. The quantitative estimate of drug-likeness (QED) is 0.770. The lowest BCUT2D eigenvalue weighted by Gasteiger charge is -2.11. The Morgan fingerprint density at radius 1 is 1.73 bits per heavy atom. The van der Waals surface area contributed by atoms with E-state index in [1.807, 2.05) is 10.9 Å². The highest BCUT2D eigenvalue weighted by Gasteiger charge is 2.67. The van der Waals surface area contributed by atoms with Gasteiger partial charge in [0.25, 0.3) is 0 Å². The Kier molecular flexibility index (Phi) is 2.00. The molecule has 15 heavy (non-hydrogen) atoms. The molecule has 0 saturated carbocycles. The Hall–Kier alpha value is -0.390. The number of hydrogen-bond acceptors (Lipinski definition) is 3. The van der Waals surface area contributed by atoms with Crippen LogP contribution < -0.4 is 0 Å². The average Bonchev–Trinajstić information content (AvgIpc) is 2.72. The molecule has 2 saturated heterocycles. The van der Waals surface area contributed by atoms with Crippen LogP contribution in [0.5, 0.6) is 0 Å². The molecule has 2 aliphatic rings. The topological polar surface area (TPSA) is 39.6 Å². The van der Waals surface area contributed by atoms with Crippen molar-refractivity contribution in [2.45, 2.75) is 38.2 Å². The molecule has 0 aliphatic carbocycles. The van der Waals surface area contributed by atoms with Gasteiger partial charge in [-0.1, -0.05) is 0 Å². The van der Waals surface area contributed by atoms with Crippen LogP contribution in [-0.2, 0) is 21.6 Å². The Morgan fingerprint density at radius 2 is 2.53 bits per heavy atom. The van der Waals surface area contributed by atoms with Crippen LogP contribution in [0.2, 0.25) is 0 Å². The highest BCUT2D eigenvalue weighted by atomic mass is 79.9. The third-order valence-electron chi connectivity index (χ3n) is 3.22. The predicted molar refractivity (Wildman–Crippen MR) is 57.6 cm³/mol. The SMILES string of the molecule is CCn1ncc(Br)c1[C@]12CO[C@@H](C)[C@@H]1O2. The smallest absolute Gasteiger partial charge is 0.163 e. The van der Waals surface area contributed by atoms with Crippen LogP contribution in [-0.4, -0.2) is 28.6 Å². The standard InChI is InChI=1S/C10H13BrN2O2/c1-3-13-8(7(11)4-12-13)10-5-14-6(2)9(10)15-10/h4,6,9H,3,5H2,1-2H3/t6-,9-,10+/m0/s1. The van der Waals surface area contributed by atoms with E-state index in [9.17, 15) is 0 Å². The third kappa shape index (κ3) is 1.17. The maximum atomic E-state index is 5.80. The molecule has 0 spiro atoms. The van der Waals surface area contributed by atoms with E-state index in [1.54, 1.807) is 0 Å². The number of hydrogen-bond donors (Lipinski definition) is 0. The zero-order chi connectivity index (χ0) is 10.6. The van der Waals surface area contributed by atoms with E-state index < -0.39 is 0 Å². The van der Waals surface area contributed by atoms with Gasteiger partial charge < -0.3 is 9.47 Å². The Bertz CT molecular complexity index is 406. The second kappa shape index (κ2) is 3.06. The first-order valence-corrected chi connectivity index (χ1v) is 5.99. The predicted octanol–water partition coefficient (Wildman–Crippen LogP) is 1.68. The minimum Gasteiger partial charge on any atom is -0.372 e. The number of rotatable bonds is 2. The minimum absolute atomic E-state index is 0.192. The molecular formula is C10H13BrN2O2. The van der Waals surface area contributed by atoms with Gasteiger partial charge in [-0.25, -0.2) is 0 Å². The molecule has 3 rings (SSSR count). The normalized spacial score (nSPS) is 38.1. The zero-order valence-corrected chi connectivity index (χ0v) is 10.3. The molecule has 2 fully saturated rings. The van der Waals surface area contributed by atoms with Gasteiger partial charge in [-0.2, -0.15) is 5.10 Å². The summed E-state index contributed by atoms with van der Waals surface area (Å²) in [6, 6.07) is 0. The summed E-state index contributed by atoms with van der Waals surface area (Å²) in [5.74, 6) is 0. The summed E-state index contributed by atoms with van der Waals surface area (Å²) in [6.45, 7) is 5.63. The maximum Gasteiger partial charge on any atom is 0.163 e. The van der Waals surface area contributed by atoms with Gasteiger partial charge in [0.15, 0.2) is 5.60 Å². The molecule has 1 aromatic heterocycles. The number of halogens is 1. The minimum atomic E-state index is -0.231. The third-order valence-corrected chi connectivity index (χ3v) is 3.80. The van der Waals surface area contributed by atoms with Crippen molar-refractivity contribution in [2.24, 2.45) is 0 Å². The van der Waals surface area contributed by atoms with Gasteiger partial charge in [-0.15, -0.1) is 0 Å². The number of epoxide rings is 1. The molecule has 0 radical (unpaired) electrons. The first kappa shape index (κ1) is 9.81. The van der Waals surface area contributed by atoms with E-state index in [-0.39, 0.29) is 17.8 Å². The van der Waals surface area contributed by atoms with Crippen LogP contribution >= 0.6 is 15.9 Å². The van der Waals surface area contributed by atoms with Gasteiger partial charge in [0.2, 0.25) is 0 Å². The molecule has 1 aromatic rings. The molecule has 2 aliphatic heterocycles. The highest BCUT2D eigenvalue weighted by molar-refractivity contribution is 9.10. The lowest BCUT2D eigenvalue weighted by Crippen LogP contribution is -2.19. The van der Waals surface area contributed by atoms with E-state index in [0.29, 0.717) is 6.61 Å². The van der Waals surface area contributed by atoms with Gasteiger partial charge in [0, 0.05) is 6.54 Å². The summed E-state index contributed by atoms with van der Waals surface area (Å²) in [7, 11) is 0. The molecule has 0 amide bonds. The first-order chi connectivity index (χ1) is 7.19. The van der Waals surface area contributed by atoms with E-state index in [4.69, 9.17) is 9.47 Å². The van der Waals surface area contributed by atoms with Gasteiger partial charge in [0.05, 0.1) is 29.1 Å². The summed E-state index contributed by atoms with van der Waals surface area (Å²) in [5, 5.41) is 4.31. The summed E-state index contributed by atoms with van der Waals surface area (Å²) < 4.78 is 14.4. The number of aromatic nitrogens is 2.